The summed E-state index contributed by atoms with van der Waals surface area (Å²) >= 11 is 3.87. The van der Waals surface area contributed by atoms with Crippen LogP contribution < -0.4 is 5.32 Å². The molecular formula is C16H21NO3S2. The van der Waals surface area contributed by atoms with E-state index in [1.165, 1.54) is 23.5 Å². The van der Waals surface area contributed by atoms with E-state index in [-0.39, 0.29) is 11.8 Å². The molecule has 2 rings (SSSR count). The summed E-state index contributed by atoms with van der Waals surface area (Å²) in [6.07, 6.45) is 1.25. The average Bonchev–Trinajstić information content (AvgIpc) is 2.52. The normalized spacial score (nSPS) is 17.2. The second kappa shape index (κ2) is 7.92. The van der Waals surface area contributed by atoms with E-state index in [9.17, 15) is 9.59 Å². The van der Waals surface area contributed by atoms with Crippen molar-refractivity contribution in [3.8, 4) is 0 Å². The van der Waals surface area contributed by atoms with Crippen LogP contribution in [0.4, 0.5) is 0 Å². The number of carboxylic acids is 1. The number of hydrogen-bond donors (Lipinski definition) is 2. The molecule has 1 aromatic rings. The molecule has 1 fully saturated rings. The van der Waals surface area contributed by atoms with Gasteiger partial charge in [-0.3, -0.25) is 4.79 Å². The Labute approximate surface area is 139 Å². The van der Waals surface area contributed by atoms with Crippen LogP contribution in [0.2, 0.25) is 0 Å². The van der Waals surface area contributed by atoms with Crippen LogP contribution >= 0.6 is 23.5 Å². The van der Waals surface area contributed by atoms with Gasteiger partial charge in [-0.15, -0.1) is 23.5 Å². The van der Waals surface area contributed by atoms with Crippen LogP contribution in [0, 0.1) is 5.92 Å². The Morgan fingerprint density at radius 1 is 1.18 bits per heavy atom. The third-order valence-electron chi connectivity index (χ3n) is 3.49. The molecule has 0 saturated carbocycles. The zero-order valence-corrected chi connectivity index (χ0v) is 14.4. The molecule has 1 saturated heterocycles. The number of carbonyl (C=O) groups is 2. The molecule has 1 aromatic carbocycles. The number of amides is 1. The van der Waals surface area contributed by atoms with Gasteiger partial charge in [0.05, 0.1) is 4.58 Å². The van der Waals surface area contributed by atoms with Crippen molar-refractivity contribution in [3.05, 3.63) is 35.4 Å². The summed E-state index contributed by atoms with van der Waals surface area (Å²) in [6.45, 7) is 3.55. The van der Waals surface area contributed by atoms with Gasteiger partial charge in [0.25, 0.3) is 5.91 Å². The van der Waals surface area contributed by atoms with Gasteiger partial charge in [0, 0.05) is 5.56 Å². The first kappa shape index (κ1) is 17.2. The van der Waals surface area contributed by atoms with Crippen molar-refractivity contribution in [3.63, 3.8) is 0 Å². The number of carboxylic acid groups (broad SMARTS) is 1. The Bertz CT molecular complexity index is 525. The molecule has 0 unspecified atom stereocenters. The third-order valence-corrected chi connectivity index (χ3v) is 6.51. The number of carbonyl (C=O) groups excluding carboxylic acids is 1. The van der Waals surface area contributed by atoms with E-state index in [2.05, 4.69) is 5.32 Å². The van der Waals surface area contributed by atoms with Gasteiger partial charge in [-0.05, 0) is 41.5 Å². The minimum Gasteiger partial charge on any atom is -0.480 e. The van der Waals surface area contributed by atoms with E-state index in [1.54, 1.807) is 26.0 Å². The van der Waals surface area contributed by atoms with E-state index in [0.29, 0.717) is 10.1 Å². The van der Waals surface area contributed by atoms with Crippen LogP contribution in [0.3, 0.4) is 0 Å². The molecule has 0 spiro atoms. The number of thioether (sulfide) groups is 2. The largest absolute Gasteiger partial charge is 0.480 e. The first-order chi connectivity index (χ1) is 10.5. The number of nitrogens with one attached hydrogen (secondary N) is 1. The van der Waals surface area contributed by atoms with Gasteiger partial charge in [0.15, 0.2) is 0 Å². The summed E-state index contributed by atoms with van der Waals surface area (Å²) in [6, 6.07) is 6.63. The number of benzene rings is 1. The van der Waals surface area contributed by atoms with Crippen molar-refractivity contribution in [2.75, 3.05) is 11.5 Å². The smallest absolute Gasteiger partial charge is 0.326 e. The molecule has 1 aliphatic rings. The molecule has 1 atom stereocenters. The molecule has 4 nitrogen and oxygen atoms in total. The fraction of sp³-hybridized carbons (Fsp3) is 0.500. The molecule has 0 aromatic heterocycles. The Kier molecular flexibility index (Phi) is 6.20. The first-order valence-corrected chi connectivity index (χ1v) is 9.45. The lowest BCUT2D eigenvalue weighted by Gasteiger charge is -2.21. The Morgan fingerprint density at radius 2 is 1.77 bits per heavy atom. The maximum Gasteiger partial charge on any atom is 0.326 e. The first-order valence-electron chi connectivity index (χ1n) is 7.36. The number of hydrogen-bond acceptors (Lipinski definition) is 4. The molecule has 6 heteroatoms. The molecule has 1 aliphatic heterocycles. The van der Waals surface area contributed by atoms with Crippen molar-refractivity contribution < 1.29 is 14.7 Å². The van der Waals surface area contributed by atoms with Crippen LogP contribution in [0.1, 0.15) is 40.8 Å². The van der Waals surface area contributed by atoms with Gasteiger partial charge in [-0.2, -0.15) is 0 Å². The van der Waals surface area contributed by atoms with Crippen LogP contribution in [0.25, 0.3) is 0 Å². The summed E-state index contributed by atoms with van der Waals surface area (Å²) in [7, 11) is 0. The summed E-state index contributed by atoms with van der Waals surface area (Å²) in [4.78, 5) is 23.3. The zero-order chi connectivity index (χ0) is 16.1. The van der Waals surface area contributed by atoms with Gasteiger partial charge in [0.1, 0.15) is 6.04 Å². The van der Waals surface area contributed by atoms with E-state index in [4.69, 9.17) is 5.11 Å². The molecule has 1 heterocycles. The number of rotatable bonds is 5. The van der Waals surface area contributed by atoms with E-state index in [0.717, 1.165) is 0 Å². The van der Waals surface area contributed by atoms with Crippen molar-refractivity contribution in [2.24, 2.45) is 5.92 Å². The van der Waals surface area contributed by atoms with E-state index < -0.39 is 12.0 Å². The van der Waals surface area contributed by atoms with Crippen molar-refractivity contribution >= 4 is 35.4 Å². The molecule has 0 radical (unpaired) electrons. The maximum atomic E-state index is 12.2. The lowest BCUT2D eigenvalue weighted by atomic mass is 10.0. The van der Waals surface area contributed by atoms with Crippen molar-refractivity contribution in [2.45, 2.75) is 30.9 Å². The van der Waals surface area contributed by atoms with Gasteiger partial charge >= 0.3 is 5.97 Å². The fourth-order valence-corrected chi connectivity index (χ4v) is 5.10. The summed E-state index contributed by atoms with van der Waals surface area (Å²) in [5.41, 5.74) is 1.71. The van der Waals surface area contributed by atoms with Gasteiger partial charge in [-0.25, -0.2) is 4.79 Å². The highest BCUT2D eigenvalue weighted by Crippen LogP contribution is 2.43. The predicted molar refractivity (Wildman–Crippen MR) is 92.4 cm³/mol. The molecule has 2 N–H and O–H groups in total. The lowest BCUT2D eigenvalue weighted by Crippen LogP contribution is -2.44. The van der Waals surface area contributed by atoms with Gasteiger partial charge < -0.3 is 10.4 Å². The van der Waals surface area contributed by atoms with Crippen molar-refractivity contribution in [1.82, 2.24) is 5.32 Å². The van der Waals surface area contributed by atoms with Crippen LogP contribution in [0.15, 0.2) is 24.3 Å². The standard InChI is InChI=1S/C16H21NO3S2/c1-10(2)13(15(19)20)17-14(18)11-4-6-12(7-5-11)16-21-8-3-9-22-16/h4-7,10,13,16H,3,8-9H2,1-2H3,(H,17,18)(H,19,20)/t13-/m0/s1. The highest BCUT2D eigenvalue weighted by molar-refractivity contribution is 8.16. The minimum atomic E-state index is -1.00. The maximum absolute atomic E-state index is 12.2. The SMILES string of the molecule is CC(C)[C@H](NC(=O)c1ccc(C2SCCCS2)cc1)C(=O)O. The molecule has 120 valence electrons. The van der Waals surface area contributed by atoms with E-state index >= 15 is 0 Å². The average molecular weight is 339 g/mol. The second-order valence-corrected chi connectivity index (χ2v) is 8.31. The highest BCUT2D eigenvalue weighted by Gasteiger charge is 2.24. The monoisotopic (exact) mass is 339 g/mol. The van der Waals surface area contributed by atoms with Gasteiger partial charge in [-0.1, -0.05) is 26.0 Å². The summed E-state index contributed by atoms with van der Waals surface area (Å²) < 4.78 is 0.438. The fourth-order valence-electron chi connectivity index (χ4n) is 2.21. The molecule has 0 aliphatic carbocycles. The van der Waals surface area contributed by atoms with Crippen LogP contribution in [-0.4, -0.2) is 34.5 Å². The molecule has 1 amide bonds. The van der Waals surface area contributed by atoms with Crippen LogP contribution in [-0.2, 0) is 4.79 Å². The topological polar surface area (TPSA) is 66.4 Å². The van der Waals surface area contributed by atoms with Crippen molar-refractivity contribution in [1.29, 1.82) is 0 Å². The quantitative estimate of drug-likeness (QED) is 0.861. The zero-order valence-electron chi connectivity index (χ0n) is 12.7. The molecule has 22 heavy (non-hydrogen) atoms. The Hall–Kier alpha value is -1.14. The predicted octanol–water partition coefficient (Wildman–Crippen LogP) is 3.39. The Balaban J connectivity index is 2.02. The second-order valence-electron chi connectivity index (χ2n) is 5.58. The lowest BCUT2D eigenvalue weighted by molar-refractivity contribution is -0.140. The summed E-state index contributed by atoms with van der Waals surface area (Å²) in [5.74, 6) is 0.853. The highest BCUT2D eigenvalue weighted by atomic mass is 32.2. The minimum absolute atomic E-state index is 0.157. The summed E-state index contributed by atoms with van der Waals surface area (Å²) in [5, 5.41) is 11.7. The number of aliphatic carboxylic acids is 1. The molecule has 0 bridgehead atoms. The van der Waals surface area contributed by atoms with Crippen LogP contribution in [0.5, 0.6) is 0 Å². The van der Waals surface area contributed by atoms with E-state index in [1.807, 2.05) is 35.7 Å². The Morgan fingerprint density at radius 3 is 2.27 bits per heavy atom. The molecular weight excluding hydrogens is 318 g/mol. The third kappa shape index (κ3) is 4.43. The van der Waals surface area contributed by atoms with Gasteiger partial charge in [0.2, 0.25) is 0 Å².